The molecule has 1 aromatic carbocycles. The summed E-state index contributed by atoms with van der Waals surface area (Å²) in [5, 5.41) is 3.60. The number of thioether (sulfide) groups is 1. The number of primary amides is 1. The first kappa shape index (κ1) is 28.7. The number of carbonyl (C=O) groups excluding carboxylic acids is 2. The van der Waals surface area contributed by atoms with Crippen LogP contribution in [0.4, 0.5) is 13.2 Å². The van der Waals surface area contributed by atoms with Gasteiger partial charge in [0.2, 0.25) is 11.8 Å². The van der Waals surface area contributed by atoms with Crippen LogP contribution in [0.5, 0.6) is 0 Å². The maximum absolute atomic E-state index is 14.0. The summed E-state index contributed by atoms with van der Waals surface area (Å²) in [6.07, 6.45) is 1.15. The van der Waals surface area contributed by atoms with Crippen molar-refractivity contribution in [3.05, 3.63) is 64.4 Å². The standard InChI is InChI=1S/C27H30ClF3N4O2S.Lr/c28-21-12-18(24(32)37)6-5-17(21)13-22-26(38-22,35-10-1-2-11-35)16-34-23(36)14-20(19-4-3-9-33-15-19)25(7-8-25)27(29,30)31;/h3-6,9,12,15,20,22H,1-2,7-8,10-11,13-14,16H2,(H2,32,37)(H,34,36);/t20-,22?,26-;/m1./s1. The van der Waals surface area contributed by atoms with Crippen LogP contribution in [0.1, 0.15) is 59.5 Å². The van der Waals surface area contributed by atoms with Gasteiger partial charge in [0.1, 0.15) is 0 Å². The maximum Gasteiger partial charge on any atom is 0.395 e. The molecule has 0 spiro atoms. The monoisotopic (exact) mass is 828 g/mol. The van der Waals surface area contributed by atoms with Crippen molar-refractivity contribution in [2.75, 3.05) is 19.6 Å². The predicted molar refractivity (Wildman–Crippen MR) is 141 cm³/mol. The van der Waals surface area contributed by atoms with Crippen LogP contribution in [-0.2, 0) is 11.2 Å². The Morgan fingerprint density at radius 2 is 1.95 bits per heavy atom. The fraction of sp³-hybridized carbons (Fsp3) is 0.519. The van der Waals surface area contributed by atoms with Crippen LogP contribution in [0.25, 0.3) is 0 Å². The molecule has 2 saturated heterocycles. The molecule has 2 aromatic rings. The minimum Gasteiger partial charge on any atom is -0.366 e. The maximum atomic E-state index is 14.0. The SMILES string of the molecule is NC(=O)c1ccc(CC2S[C@@]2(CNC(=O)C[C@H](c2cccnc2)C2(C(F)(F)F)CC2)N2CCCC2)c(Cl)c1.[Lr]. The summed E-state index contributed by atoms with van der Waals surface area (Å²) in [5.74, 6) is -1.90. The molecule has 3 aliphatic rings. The quantitative estimate of drug-likeness (QED) is 0.333. The molecule has 1 aliphatic carbocycles. The summed E-state index contributed by atoms with van der Waals surface area (Å²) in [4.78, 5) is 30.7. The van der Waals surface area contributed by atoms with Crippen molar-refractivity contribution in [2.24, 2.45) is 11.1 Å². The molecule has 1 unspecified atom stereocenters. The van der Waals surface area contributed by atoms with E-state index in [1.54, 1.807) is 42.1 Å². The third kappa shape index (κ3) is 5.56. The van der Waals surface area contributed by atoms with Crippen LogP contribution in [0.15, 0.2) is 42.7 Å². The Morgan fingerprint density at radius 3 is 2.51 bits per heavy atom. The Bertz CT molecular complexity index is 1210. The van der Waals surface area contributed by atoms with Crippen molar-refractivity contribution in [1.82, 2.24) is 15.2 Å². The van der Waals surface area contributed by atoms with Gasteiger partial charge in [-0.3, -0.25) is 19.5 Å². The topological polar surface area (TPSA) is 88.3 Å². The summed E-state index contributed by atoms with van der Waals surface area (Å²) < 4.78 is 42.1. The number of aromatic nitrogens is 1. The van der Waals surface area contributed by atoms with Gasteiger partial charge in [0.25, 0.3) is 0 Å². The van der Waals surface area contributed by atoms with Gasteiger partial charge in [-0.25, -0.2) is 0 Å². The molecule has 219 valence electrons. The number of nitrogens with one attached hydrogen (secondary N) is 1. The first-order valence-corrected chi connectivity index (χ1v) is 14.1. The summed E-state index contributed by atoms with van der Waals surface area (Å²) >= 11 is 8.17. The minimum absolute atomic E-state index is 0. The van der Waals surface area contributed by atoms with E-state index in [1.807, 2.05) is 0 Å². The number of benzene rings is 1. The number of nitrogens with two attached hydrogens (primary N) is 1. The van der Waals surface area contributed by atoms with E-state index in [0.29, 0.717) is 29.1 Å². The molecular formula is C27H30ClF3LrN4O2S. The van der Waals surface area contributed by atoms with Crippen LogP contribution >= 0.6 is 23.4 Å². The Labute approximate surface area is 228 Å². The second kappa shape index (κ2) is 10.7. The Morgan fingerprint density at radius 1 is 1.23 bits per heavy atom. The van der Waals surface area contributed by atoms with E-state index in [4.69, 9.17) is 17.3 Å². The fourth-order valence-corrected chi connectivity index (χ4v) is 7.53. The molecule has 12 heteroatoms. The van der Waals surface area contributed by atoms with E-state index in [1.165, 1.54) is 12.4 Å². The smallest absolute Gasteiger partial charge is 0.366 e. The van der Waals surface area contributed by atoms with Crippen LogP contribution < -0.4 is 11.1 Å². The average Bonchev–Trinajstić information content (AvgIpc) is 3.77. The van der Waals surface area contributed by atoms with E-state index in [-0.39, 0.29) is 35.3 Å². The molecule has 2 aliphatic heterocycles. The van der Waals surface area contributed by atoms with Crippen LogP contribution in [0.2, 0.25) is 5.02 Å². The largest absolute Gasteiger partial charge is 0.395 e. The van der Waals surface area contributed by atoms with E-state index in [0.717, 1.165) is 31.5 Å². The number of nitrogens with zero attached hydrogens (tertiary/aromatic N) is 2. The molecule has 6 nitrogen and oxygen atoms in total. The van der Waals surface area contributed by atoms with Gasteiger partial charge in [-0.1, -0.05) is 23.7 Å². The van der Waals surface area contributed by atoms with Crippen molar-refractivity contribution in [1.29, 1.82) is 0 Å². The predicted octanol–water partition coefficient (Wildman–Crippen LogP) is 4.92. The first-order valence-electron chi connectivity index (χ1n) is 12.8. The minimum atomic E-state index is -4.38. The Hall–Kier alpha value is -3.30. The number of likely N-dealkylation sites (tertiary alicyclic amines) is 1. The number of rotatable bonds is 10. The molecule has 1 radical (unpaired) electrons. The average molecular weight is 829 g/mol. The van der Waals surface area contributed by atoms with Gasteiger partial charge in [-0.15, -0.1) is 11.8 Å². The van der Waals surface area contributed by atoms with E-state index in [9.17, 15) is 22.8 Å². The summed E-state index contributed by atoms with van der Waals surface area (Å²) in [7, 11) is 0. The molecule has 3 N–H and O–H groups in total. The molecule has 3 fully saturated rings. The number of pyridine rings is 1. The number of hydrogen-bond acceptors (Lipinski definition) is 5. The molecule has 39 heavy (non-hydrogen) atoms. The number of amides is 2. The van der Waals surface area contributed by atoms with Gasteiger partial charge in [-0.2, -0.15) is 13.2 Å². The number of alkyl halides is 3. The zero-order valence-electron chi connectivity index (χ0n) is 21.0. The van der Waals surface area contributed by atoms with Crippen LogP contribution in [0, 0.1) is 5.41 Å². The number of hydrogen-bond donors (Lipinski definition) is 2. The molecule has 3 heterocycles. The second-order valence-corrected chi connectivity index (χ2v) is 12.4. The molecule has 2 amide bonds. The molecule has 5 rings (SSSR count). The third-order valence-corrected chi connectivity index (χ3v) is 10.2. The normalized spacial score (nSPS) is 24.5. The van der Waals surface area contributed by atoms with Gasteiger partial charge < -0.3 is 11.1 Å². The molecule has 0 bridgehead atoms. The summed E-state index contributed by atoms with van der Waals surface area (Å²) in [5.41, 5.74) is 5.16. The van der Waals surface area contributed by atoms with Crippen LogP contribution in [-0.4, -0.2) is 57.6 Å². The van der Waals surface area contributed by atoms with E-state index >= 15 is 0 Å². The van der Waals surface area contributed by atoms with Crippen molar-refractivity contribution in [2.45, 2.75) is 60.7 Å². The van der Waals surface area contributed by atoms with Crippen molar-refractivity contribution in [3.8, 4) is 0 Å². The number of halogens is 4. The Balaban J connectivity index is 0.00000353. The summed E-state index contributed by atoms with van der Waals surface area (Å²) in [6.45, 7) is 2.16. The van der Waals surface area contributed by atoms with E-state index in [2.05, 4.69) is 15.2 Å². The zero-order valence-corrected chi connectivity index (χ0v) is 24.7. The van der Waals surface area contributed by atoms with Gasteiger partial charge in [0.05, 0.1) is 10.3 Å². The van der Waals surface area contributed by atoms with Crippen molar-refractivity contribution < 1.29 is 22.8 Å². The van der Waals surface area contributed by atoms with Gasteiger partial charge in [0.15, 0.2) is 0 Å². The molecule has 3 atom stereocenters. The van der Waals surface area contributed by atoms with Gasteiger partial charge in [-0.05, 0) is 74.5 Å². The summed E-state index contributed by atoms with van der Waals surface area (Å²) in [6, 6.07) is 8.27. The zero-order chi connectivity index (χ0) is 27.1. The number of carbonyl (C=O) groups is 2. The fourth-order valence-electron chi connectivity index (χ4n) is 5.78. The first-order chi connectivity index (χ1) is 18.1. The van der Waals surface area contributed by atoms with Gasteiger partial charge >= 0.3 is 6.18 Å². The molecule has 1 saturated carbocycles. The van der Waals surface area contributed by atoms with Crippen LogP contribution in [0.3, 0.4) is 0 Å². The van der Waals surface area contributed by atoms with Gasteiger partial charge in [0, 0.05) is 47.1 Å². The second-order valence-electron chi connectivity index (χ2n) is 10.5. The van der Waals surface area contributed by atoms with Crippen molar-refractivity contribution in [3.63, 3.8) is 0 Å². The van der Waals surface area contributed by atoms with Crippen molar-refractivity contribution >= 4 is 35.2 Å². The molecular weight excluding hydrogens is 799 g/mol. The van der Waals surface area contributed by atoms with E-state index < -0.39 is 23.4 Å². The third-order valence-electron chi connectivity index (χ3n) is 8.21. The molecule has 1 aromatic heterocycles. The Kier molecular flexibility index (Phi) is 7.87.